The maximum Gasteiger partial charge on any atom is 0.315 e. The molecule has 1 rings (SSSR count). The van der Waals surface area contributed by atoms with Gasteiger partial charge in [0, 0.05) is 12.6 Å². The van der Waals surface area contributed by atoms with Gasteiger partial charge in [-0.2, -0.15) is 0 Å². The molecule has 1 saturated carbocycles. The van der Waals surface area contributed by atoms with Gasteiger partial charge in [-0.05, 0) is 30.6 Å². The third-order valence-electron chi connectivity index (χ3n) is 4.59. The van der Waals surface area contributed by atoms with Crippen molar-refractivity contribution in [3.8, 4) is 0 Å². The Morgan fingerprint density at radius 3 is 2.47 bits per heavy atom. The molecule has 0 bridgehead atoms. The quantitative estimate of drug-likeness (QED) is 0.733. The summed E-state index contributed by atoms with van der Waals surface area (Å²) < 4.78 is 0. The lowest BCUT2D eigenvalue weighted by Gasteiger charge is -2.46. The third kappa shape index (κ3) is 3.61. The molecule has 0 aromatic rings. The van der Waals surface area contributed by atoms with Gasteiger partial charge in [0.25, 0.3) is 0 Å². The van der Waals surface area contributed by atoms with Gasteiger partial charge in [0.15, 0.2) is 0 Å². The average Bonchev–Trinajstić information content (AvgIpc) is 2.32. The van der Waals surface area contributed by atoms with Gasteiger partial charge in [-0.1, -0.05) is 27.7 Å². The van der Waals surface area contributed by atoms with Crippen molar-refractivity contribution in [3.63, 3.8) is 0 Å². The molecule has 19 heavy (non-hydrogen) atoms. The number of carboxylic acids is 1. The Bertz CT molecular complexity index is 342. The van der Waals surface area contributed by atoms with E-state index in [4.69, 9.17) is 0 Å². The van der Waals surface area contributed by atoms with Crippen LogP contribution in [0.25, 0.3) is 0 Å². The zero-order chi connectivity index (χ0) is 14.6. The van der Waals surface area contributed by atoms with Crippen LogP contribution in [0.3, 0.4) is 0 Å². The summed E-state index contributed by atoms with van der Waals surface area (Å²) in [6.07, 6.45) is 2.24. The average molecular weight is 270 g/mol. The smallest absolute Gasteiger partial charge is 0.315 e. The summed E-state index contributed by atoms with van der Waals surface area (Å²) in [5, 5.41) is 15.0. The first-order valence-electron chi connectivity index (χ1n) is 7.07. The van der Waals surface area contributed by atoms with Crippen molar-refractivity contribution < 1.29 is 14.7 Å². The number of carbonyl (C=O) groups excluding carboxylic acids is 1. The minimum absolute atomic E-state index is 0.0439. The molecule has 3 N–H and O–H groups in total. The van der Waals surface area contributed by atoms with Crippen molar-refractivity contribution in [2.45, 2.75) is 53.0 Å². The van der Waals surface area contributed by atoms with Gasteiger partial charge in [0.2, 0.25) is 0 Å². The summed E-state index contributed by atoms with van der Waals surface area (Å²) >= 11 is 0. The molecule has 0 heterocycles. The number of rotatable bonds is 4. The normalized spacial score (nSPS) is 29.6. The van der Waals surface area contributed by atoms with Crippen LogP contribution < -0.4 is 10.6 Å². The van der Waals surface area contributed by atoms with Crippen molar-refractivity contribution in [2.24, 2.45) is 17.3 Å². The first-order valence-corrected chi connectivity index (χ1v) is 7.07. The lowest BCUT2D eigenvalue weighted by Crippen LogP contribution is -2.54. The van der Waals surface area contributed by atoms with Crippen LogP contribution in [0.15, 0.2) is 0 Å². The van der Waals surface area contributed by atoms with Gasteiger partial charge in [-0.15, -0.1) is 0 Å². The Kier molecular flexibility index (Phi) is 5.20. The summed E-state index contributed by atoms with van der Waals surface area (Å²) in [5.41, 5.74) is -0.313. The van der Waals surface area contributed by atoms with Gasteiger partial charge < -0.3 is 15.7 Å². The zero-order valence-electron chi connectivity index (χ0n) is 12.3. The Labute approximate surface area is 115 Å². The first-order chi connectivity index (χ1) is 8.80. The lowest BCUT2D eigenvalue weighted by atomic mass is 9.61. The Morgan fingerprint density at radius 2 is 1.95 bits per heavy atom. The highest BCUT2D eigenvalue weighted by Crippen LogP contribution is 2.44. The molecule has 0 spiro atoms. The highest BCUT2D eigenvalue weighted by Gasteiger charge is 2.46. The van der Waals surface area contributed by atoms with Crippen molar-refractivity contribution in [2.75, 3.05) is 6.54 Å². The molecular weight excluding hydrogens is 244 g/mol. The van der Waals surface area contributed by atoms with Crippen LogP contribution in [0.4, 0.5) is 4.79 Å². The summed E-state index contributed by atoms with van der Waals surface area (Å²) in [4.78, 5) is 23.0. The van der Waals surface area contributed by atoms with E-state index >= 15 is 0 Å². The molecule has 2 amide bonds. The van der Waals surface area contributed by atoms with Crippen LogP contribution in [-0.4, -0.2) is 29.7 Å². The van der Waals surface area contributed by atoms with Crippen molar-refractivity contribution in [3.05, 3.63) is 0 Å². The zero-order valence-corrected chi connectivity index (χ0v) is 12.3. The molecule has 110 valence electrons. The molecule has 3 atom stereocenters. The fourth-order valence-electron chi connectivity index (χ4n) is 2.90. The van der Waals surface area contributed by atoms with Crippen LogP contribution in [-0.2, 0) is 4.79 Å². The minimum atomic E-state index is -0.731. The van der Waals surface area contributed by atoms with Crippen molar-refractivity contribution in [1.82, 2.24) is 10.6 Å². The number of urea groups is 1. The predicted octanol–water partition coefficient (Wildman–Crippen LogP) is 2.22. The lowest BCUT2D eigenvalue weighted by molar-refractivity contribution is -0.150. The largest absolute Gasteiger partial charge is 0.481 e. The Morgan fingerprint density at radius 1 is 1.32 bits per heavy atom. The molecule has 0 saturated heterocycles. The molecule has 1 fully saturated rings. The molecule has 0 aliphatic heterocycles. The van der Waals surface area contributed by atoms with Gasteiger partial charge in [0.1, 0.15) is 0 Å². The number of carbonyl (C=O) groups is 2. The van der Waals surface area contributed by atoms with Crippen LogP contribution in [0, 0.1) is 17.3 Å². The van der Waals surface area contributed by atoms with Gasteiger partial charge in [-0.3, -0.25) is 4.79 Å². The highest BCUT2D eigenvalue weighted by atomic mass is 16.4. The minimum Gasteiger partial charge on any atom is -0.481 e. The monoisotopic (exact) mass is 270 g/mol. The van der Waals surface area contributed by atoms with E-state index in [9.17, 15) is 14.7 Å². The van der Waals surface area contributed by atoms with E-state index in [0.717, 1.165) is 12.8 Å². The van der Waals surface area contributed by atoms with Crippen molar-refractivity contribution in [1.29, 1.82) is 0 Å². The number of carboxylic acid groups (broad SMARTS) is 1. The van der Waals surface area contributed by atoms with Gasteiger partial charge >= 0.3 is 12.0 Å². The summed E-state index contributed by atoms with van der Waals surface area (Å²) in [6, 6.07) is -0.106. The fourth-order valence-corrected chi connectivity index (χ4v) is 2.90. The van der Waals surface area contributed by atoms with E-state index in [1.165, 1.54) is 0 Å². The van der Waals surface area contributed by atoms with Gasteiger partial charge in [-0.25, -0.2) is 4.79 Å². The van der Waals surface area contributed by atoms with E-state index in [0.29, 0.717) is 13.0 Å². The number of hydrogen-bond acceptors (Lipinski definition) is 2. The molecule has 1 aliphatic carbocycles. The predicted molar refractivity (Wildman–Crippen MR) is 73.9 cm³/mol. The second-order valence-electron chi connectivity index (χ2n) is 6.08. The Balaban J connectivity index is 2.65. The molecule has 1 aliphatic rings. The summed E-state index contributed by atoms with van der Waals surface area (Å²) in [7, 11) is 0. The second kappa shape index (κ2) is 6.26. The molecule has 0 aromatic carbocycles. The SMILES string of the molecule is CCCNC(=O)NC1CCC(C(=O)O)C(C)(C)C1C. The van der Waals surface area contributed by atoms with Crippen LogP contribution in [0.1, 0.15) is 47.0 Å². The van der Waals surface area contributed by atoms with E-state index in [1.807, 2.05) is 27.7 Å². The van der Waals surface area contributed by atoms with E-state index in [-0.39, 0.29) is 29.3 Å². The van der Waals surface area contributed by atoms with Crippen LogP contribution in [0.2, 0.25) is 0 Å². The third-order valence-corrected chi connectivity index (χ3v) is 4.59. The molecule has 5 heteroatoms. The molecule has 3 unspecified atom stereocenters. The standard InChI is InChI=1S/C14H26N2O3/c1-5-8-15-13(19)16-11-7-6-10(12(17)18)14(3,4)9(11)2/h9-11H,5-8H2,1-4H3,(H,17,18)(H2,15,16,19). The van der Waals surface area contributed by atoms with Crippen LogP contribution >= 0.6 is 0 Å². The molecular formula is C14H26N2O3. The topological polar surface area (TPSA) is 78.4 Å². The van der Waals surface area contributed by atoms with Crippen LogP contribution in [0.5, 0.6) is 0 Å². The van der Waals surface area contributed by atoms with Gasteiger partial charge in [0.05, 0.1) is 5.92 Å². The number of amides is 2. The number of hydrogen-bond donors (Lipinski definition) is 3. The molecule has 5 nitrogen and oxygen atoms in total. The Hall–Kier alpha value is -1.26. The first kappa shape index (κ1) is 15.8. The summed E-state index contributed by atoms with van der Waals surface area (Å²) in [5.74, 6) is -0.931. The van der Waals surface area contributed by atoms with E-state index < -0.39 is 5.97 Å². The van der Waals surface area contributed by atoms with E-state index in [2.05, 4.69) is 10.6 Å². The maximum absolute atomic E-state index is 11.7. The van der Waals surface area contributed by atoms with Crippen molar-refractivity contribution >= 4 is 12.0 Å². The summed E-state index contributed by atoms with van der Waals surface area (Å²) in [6.45, 7) is 8.65. The van der Waals surface area contributed by atoms with E-state index in [1.54, 1.807) is 0 Å². The second-order valence-corrected chi connectivity index (χ2v) is 6.08. The number of aliphatic carboxylic acids is 1. The fraction of sp³-hybridized carbons (Fsp3) is 0.857. The molecule has 0 radical (unpaired) electrons. The highest BCUT2D eigenvalue weighted by molar-refractivity contribution is 5.74. The maximum atomic E-state index is 11.7. The molecule has 0 aromatic heterocycles. The number of nitrogens with one attached hydrogen (secondary N) is 2.